The minimum atomic E-state index is -0.626. The highest BCUT2D eigenvalue weighted by molar-refractivity contribution is 5.74. The van der Waals surface area contributed by atoms with Crippen LogP contribution in [-0.4, -0.2) is 35.6 Å². The van der Waals surface area contributed by atoms with Crippen LogP contribution < -0.4 is 0 Å². The minimum Gasteiger partial charge on any atom is -0.481 e. The first-order valence-electron chi connectivity index (χ1n) is 5.93. The Morgan fingerprint density at radius 1 is 1.47 bits per heavy atom. The molecule has 1 aliphatic rings. The Morgan fingerprint density at radius 2 is 2.00 bits per heavy atom. The van der Waals surface area contributed by atoms with Gasteiger partial charge < -0.3 is 10.0 Å². The molecule has 0 aromatic carbocycles. The summed E-state index contributed by atoms with van der Waals surface area (Å²) < 4.78 is 0. The second-order valence-corrected chi connectivity index (χ2v) is 5.08. The summed E-state index contributed by atoms with van der Waals surface area (Å²) in [5, 5.41) is 9.11. The van der Waals surface area contributed by atoms with Gasteiger partial charge in [-0.25, -0.2) is 0 Å². The fourth-order valence-electron chi connectivity index (χ4n) is 2.43. The standard InChI is InChI=1S/C12H23NO2/c1-4-9-13(3)10-5-7-12(2,8-6-10)11(14)15/h10H,4-9H2,1-3H3,(H,14,15). The molecule has 0 amide bonds. The lowest BCUT2D eigenvalue weighted by Gasteiger charge is -2.38. The molecular weight excluding hydrogens is 190 g/mol. The van der Waals surface area contributed by atoms with E-state index in [1.54, 1.807) is 0 Å². The van der Waals surface area contributed by atoms with Gasteiger partial charge >= 0.3 is 5.97 Å². The molecule has 0 aromatic rings. The largest absolute Gasteiger partial charge is 0.481 e. The maximum Gasteiger partial charge on any atom is 0.309 e. The average Bonchev–Trinajstić information content (AvgIpc) is 2.19. The number of rotatable bonds is 4. The molecule has 3 nitrogen and oxygen atoms in total. The van der Waals surface area contributed by atoms with Crippen LogP contribution in [0.15, 0.2) is 0 Å². The molecule has 0 aromatic heterocycles. The highest BCUT2D eigenvalue weighted by Crippen LogP contribution is 2.37. The van der Waals surface area contributed by atoms with Gasteiger partial charge in [-0.3, -0.25) is 4.79 Å². The Labute approximate surface area is 92.5 Å². The van der Waals surface area contributed by atoms with Crippen LogP contribution in [0.5, 0.6) is 0 Å². The summed E-state index contributed by atoms with van der Waals surface area (Å²) in [5.74, 6) is -0.626. The fraction of sp³-hybridized carbons (Fsp3) is 0.917. The van der Waals surface area contributed by atoms with E-state index in [1.165, 1.54) is 6.42 Å². The molecule has 3 heteroatoms. The van der Waals surface area contributed by atoms with Crippen molar-refractivity contribution in [3.8, 4) is 0 Å². The normalized spacial score (nSPS) is 31.9. The zero-order valence-electron chi connectivity index (χ0n) is 10.1. The third-order valence-electron chi connectivity index (χ3n) is 3.77. The van der Waals surface area contributed by atoms with Crippen molar-refractivity contribution in [1.82, 2.24) is 4.90 Å². The summed E-state index contributed by atoms with van der Waals surface area (Å²) in [4.78, 5) is 13.4. The lowest BCUT2D eigenvalue weighted by atomic mass is 9.74. The summed E-state index contributed by atoms with van der Waals surface area (Å²) in [6.07, 6.45) is 4.86. The summed E-state index contributed by atoms with van der Waals surface area (Å²) in [5.41, 5.74) is -0.469. The molecule has 0 spiro atoms. The summed E-state index contributed by atoms with van der Waals surface area (Å²) in [7, 11) is 2.15. The van der Waals surface area contributed by atoms with E-state index in [9.17, 15) is 4.79 Å². The van der Waals surface area contributed by atoms with Gasteiger partial charge in [-0.1, -0.05) is 6.92 Å². The number of carboxylic acids is 1. The van der Waals surface area contributed by atoms with Crippen LogP contribution in [0, 0.1) is 5.41 Å². The molecule has 1 aliphatic carbocycles. The molecule has 15 heavy (non-hydrogen) atoms. The number of carbonyl (C=O) groups is 1. The van der Waals surface area contributed by atoms with E-state index in [0.717, 1.165) is 32.2 Å². The lowest BCUT2D eigenvalue weighted by Crippen LogP contribution is -2.41. The Kier molecular flexibility index (Phi) is 4.14. The van der Waals surface area contributed by atoms with Crippen molar-refractivity contribution in [3.63, 3.8) is 0 Å². The third-order valence-corrected chi connectivity index (χ3v) is 3.77. The lowest BCUT2D eigenvalue weighted by molar-refractivity contribution is -0.150. The third kappa shape index (κ3) is 2.94. The van der Waals surface area contributed by atoms with Crippen LogP contribution in [0.1, 0.15) is 46.0 Å². The maximum atomic E-state index is 11.1. The van der Waals surface area contributed by atoms with Gasteiger partial charge in [0, 0.05) is 6.04 Å². The van der Waals surface area contributed by atoms with Crippen molar-refractivity contribution in [1.29, 1.82) is 0 Å². The van der Waals surface area contributed by atoms with Gasteiger partial charge in [0.1, 0.15) is 0 Å². The van der Waals surface area contributed by atoms with Gasteiger partial charge in [-0.15, -0.1) is 0 Å². The van der Waals surface area contributed by atoms with E-state index in [4.69, 9.17) is 5.11 Å². The zero-order chi connectivity index (χ0) is 11.5. The SMILES string of the molecule is CCCN(C)C1CCC(C)(C(=O)O)CC1. The molecular formula is C12H23NO2. The van der Waals surface area contributed by atoms with Crippen molar-refractivity contribution >= 4 is 5.97 Å². The minimum absolute atomic E-state index is 0.469. The Morgan fingerprint density at radius 3 is 2.40 bits per heavy atom. The first kappa shape index (κ1) is 12.5. The molecule has 1 fully saturated rings. The van der Waals surface area contributed by atoms with Gasteiger partial charge in [0.25, 0.3) is 0 Å². The predicted octanol–water partition coefficient (Wildman–Crippen LogP) is 2.36. The molecule has 88 valence electrons. The summed E-state index contributed by atoms with van der Waals surface area (Å²) in [6.45, 7) is 5.18. The average molecular weight is 213 g/mol. The Bertz CT molecular complexity index is 220. The van der Waals surface area contributed by atoms with E-state index in [0.29, 0.717) is 6.04 Å². The molecule has 0 heterocycles. The first-order chi connectivity index (χ1) is 6.99. The second kappa shape index (κ2) is 4.97. The number of hydrogen-bond donors (Lipinski definition) is 1. The molecule has 0 atom stereocenters. The van der Waals surface area contributed by atoms with Gasteiger partial charge in [0.2, 0.25) is 0 Å². The number of carboxylic acid groups (broad SMARTS) is 1. The zero-order valence-corrected chi connectivity index (χ0v) is 10.1. The molecule has 0 bridgehead atoms. The topological polar surface area (TPSA) is 40.5 Å². The number of aliphatic carboxylic acids is 1. The highest BCUT2D eigenvalue weighted by Gasteiger charge is 2.38. The van der Waals surface area contributed by atoms with Crippen LogP contribution in [0.2, 0.25) is 0 Å². The van der Waals surface area contributed by atoms with Crippen LogP contribution >= 0.6 is 0 Å². The van der Waals surface area contributed by atoms with Crippen molar-refractivity contribution in [2.75, 3.05) is 13.6 Å². The van der Waals surface area contributed by atoms with Gasteiger partial charge in [-0.2, -0.15) is 0 Å². The summed E-state index contributed by atoms with van der Waals surface area (Å²) in [6, 6.07) is 0.595. The van der Waals surface area contributed by atoms with Crippen LogP contribution in [0.25, 0.3) is 0 Å². The number of hydrogen-bond acceptors (Lipinski definition) is 2. The second-order valence-electron chi connectivity index (χ2n) is 5.08. The van der Waals surface area contributed by atoms with E-state index in [2.05, 4.69) is 18.9 Å². The van der Waals surface area contributed by atoms with Crippen molar-refractivity contribution in [2.45, 2.75) is 52.0 Å². The van der Waals surface area contributed by atoms with Crippen LogP contribution in [-0.2, 0) is 4.79 Å². The van der Waals surface area contributed by atoms with Gasteiger partial charge in [-0.05, 0) is 52.6 Å². The molecule has 1 N–H and O–H groups in total. The quantitative estimate of drug-likeness (QED) is 0.779. The number of nitrogens with zero attached hydrogens (tertiary/aromatic N) is 1. The molecule has 0 aliphatic heterocycles. The smallest absolute Gasteiger partial charge is 0.309 e. The monoisotopic (exact) mass is 213 g/mol. The molecule has 1 saturated carbocycles. The van der Waals surface area contributed by atoms with E-state index in [-0.39, 0.29) is 0 Å². The van der Waals surface area contributed by atoms with Crippen molar-refractivity contribution < 1.29 is 9.90 Å². The van der Waals surface area contributed by atoms with E-state index < -0.39 is 11.4 Å². The molecule has 0 unspecified atom stereocenters. The Balaban J connectivity index is 2.45. The van der Waals surface area contributed by atoms with E-state index in [1.807, 2.05) is 6.92 Å². The molecule has 0 saturated heterocycles. The highest BCUT2D eigenvalue weighted by atomic mass is 16.4. The fourth-order valence-corrected chi connectivity index (χ4v) is 2.43. The Hall–Kier alpha value is -0.570. The van der Waals surface area contributed by atoms with Gasteiger partial charge in [0.15, 0.2) is 0 Å². The van der Waals surface area contributed by atoms with Gasteiger partial charge in [0.05, 0.1) is 5.41 Å². The summed E-state index contributed by atoms with van der Waals surface area (Å²) >= 11 is 0. The van der Waals surface area contributed by atoms with E-state index >= 15 is 0 Å². The first-order valence-corrected chi connectivity index (χ1v) is 5.93. The predicted molar refractivity (Wildman–Crippen MR) is 60.9 cm³/mol. The maximum absolute atomic E-state index is 11.1. The van der Waals surface area contributed by atoms with Crippen LogP contribution in [0.4, 0.5) is 0 Å². The van der Waals surface area contributed by atoms with Crippen molar-refractivity contribution in [3.05, 3.63) is 0 Å². The molecule has 1 rings (SSSR count). The van der Waals surface area contributed by atoms with Crippen molar-refractivity contribution in [2.24, 2.45) is 5.41 Å². The molecule has 0 radical (unpaired) electrons. The van der Waals surface area contributed by atoms with Crippen LogP contribution in [0.3, 0.4) is 0 Å².